The second-order valence-electron chi connectivity index (χ2n) is 11.1. The lowest BCUT2D eigenvalue weighted by Crippen LogP contribution is -2.39. The van der Waals surface area contributed by atoms with Gasteiger partial charge in [-0.05, 0) is 25.0 Å². The van der Waals surface area contributed by atoms with Crippen LogP contribution in [0.3, 0.4) is 0 Å². The molecule has 13 nitrogen and oxygen atoms in total. The Labute approximate surface area is 245 Å². The molecule has 1 saturated heterocycles. The van der Waals surface area contributed by atoms with Crippen molar-refractivity contribution in [3.05, 3.63) is 48.5 Å². The Morgan fingerprint density at radius 2 is 1.95 bits per heavy atom. The molecule has 42 heavy (non-hydrogen) atoms. The van der Waals surface area contributed by atoms with E-state index < -0.39 is 43.5 Å². The van der Waals surface area contributed by atoms with Gasteiger partial charge in [-0.25, -0.2) is 19.0 Å². The summed E-state index contributed by atoms with van der Waals surface area (Å²) in [4.78, 5) is 21.0. The number of anilines is 1. The van der Waals surface area contributed by atoms with Crippen LogP contribution in [0.4, 0.5) is 5.82 Å². The summed E-state index contributed by atoms with van der Waals surface area (Å²) < 4.78 is 38.8. The second kappa shape index (κ2) is 13.5. The molecule has 3 heterocycles. The van der Waals surface area contributed by atoms with Crippen molar-refractivity contribution < 1.29 is 33.0 Å². The zero-order valence-electron chi connectivity index (χ0n) is 24.7. The summed E-state index contributed by atoms with van der Waals surface area (Å²) in [5.74, 6) is 0.209. The maximum absolute atomic E-state index is 14.0. The molecule has 5 atom stereocenters. The van der Waals surface area contributed by atoms with Crippen LogP contribution in [-0.4, -0.2) is 68.2 Å². The van der Waals surface area contributed by atoms with Crippen LogP contribution in [0.2, 0.25) is 0 Å². The average molecular weight is 605 g/mol. The number of ether oxygens (including phenoxy) is 2. The summed E-state index contributed by atoms with van der Waals surface area (Å²) in [5, 5.41) is 18.1. The number of benzene rings is 1. The number of imidazole rings is 1. The number of carbonyl (C=O) groups is 1. The van der Waals surface area contributed by atoms with Crippen molar-refractivity contribution in [2.75, 3.05) is 18.9 Å². The number of esters is 1. The number of aliphatic hydroxyl groups is 1. The van der Waals surface area contributed by atoms with Gasteiger partial charge in [-0.2, -0.15) is 10.2 Å². The fourth-order valence-electron chi connectivity index (χ4n) is 4.80. The van der Waals surface area contributed by atoms with Crippen molar-refractivity contribution in [1.82, 2.24) is 24.7 Å². The van der Waals surface area contributed by atoms with E-state index in [-0.39, 0.29) is 30.7 Å². The highest BCUT2D eigenvalue weighted by Gasteiger charge is 2.50. The summed E-state index contributed by atoms with van der Waals surface area (Å²) in [7, 11) is -4.13. The van der Waals surface area contributed by atoms with Crippen molar-refractivity contribution in [1.29, 1.82) is 0 Å². The van der Waals surface area contributed by atoms with Crippen molar-refractivity contribution in [2.24, 2.45) is 11.3 Å². The van der Waals surface area contributed by atoms with E-state index in [1.807, 2.05) is 27.7 Å². The molecule has 1 aliphatic heterocycles. The normalized spacial score (nSPS) is 22.2. The maximum Gasteiger partial charge on any atom is 0.459 e. The van der Waals surface area contributed by atoms with Gasteiger partial charge in [-0.1, -0.05) is 58.7 Å². The summed E-state index contributed by atoms with van der Waals surface area (Å²) in [6.07, 6.45) is 2.86. The van der Waals surface area contributed by atoms with Crippen LogP contribution >= 0.6 is 7.75 Å². The number of hydrogen-bond donors (Lipinski definition) is 3. The number of aliphatic hydroxyl groups excluding tert-OH is 1. The maximum atomic E-state index is 14.0. The quantitative estimate of drug-likeness (QED) is 0.181. The Bertz CT molecular complexity index is 1380. The van der Waals surface area contributed by atoms with E-state index >= 15 is 0 Å². The number of aromatic nitrogens is 4. The van der Waals surface area contributed by atoms with E-state index in [9.17, 15) is 14.5 Å². The van der Waals surface area contributed by atoms with Crippen molar-refractivity contribution in [3.8, 4) is 5.75 Å². The van der Waals surface area contributed by atoms with Crippen LogP contribution in [-0.2, 0) is 29.8 Å². The van der Waals surface area contributed by atoms with Gasteiger partial charge in [0.2, 0.25) is 0 Å². The molecule has 2 unspecified atom stereocenters. The predicted molar refractivity (Wildman–Crippen MR) is 156 cm³/mol. The molecule has 1 aromatic carbocycles. The first-order valence-electron chi connectivity index (χ1n) is 14.2. The lowest BCUT2D eigenvalue weighted by atomic mass is 9.80. The standard InChI is InChI=1S/C28H41N6O7P/c1-6-19(7-2)15-38-27(36)18(3)33-42(37,41-21-11-9-8-10-12-21)39-16-22-24(35)28(4,5)23(40-22)13-20-14-30-26-25(29)31-17-32-34(20)26/h8-12,14,17-19,22-24,35H,6-7,13,15-16H2,1-5H3,(H,33,37)(H2,29,31,32)/t18-,22+,23?,24+,42?/m0/s1. The summed E-state index contributed by atoms with van der Waals surface area (Å²) in [5.41, 5.74) is 6.36. The minimum absolute atomic E-state index is 0.243. The van der Waals surface area contributed by atoms with Gasteiger partial charge >= 0.3 is 13.7 Å². The predicted octanol–water partition coefficient (Wildman–Crippen LogP) is 3.56. The number of fused-ring (bicyclic) bond motifs is 1. The molecule has 14 heteroatoms. The fourth-order valence-corrected chi connectivity index (χ4v) is 6.31. The Hall–Kier alpha value is -3.09. The lowest BCUT2D eigenvalue weighted by Gasteiger charge is -2.28. The van der Waals surface area contributed by atoms with Gasteiger partial charge in [-0.3, -0.25) is 9.32 Å². The first-order valence-corrected chi connectivity index (χ1v) is 15.7. The van der Waals surface area contributed by atoms with Gasteiger partial charge < -0.3 is 24.8 Å². The van der Waals surface area contributed by atoms with Crippen LogP contribution in [0.5, 0.6) is 5.75 Å². The number of nitrogens with one attached hydrogen (secondary N) is 1. The van der Waals surface area contributed by atoms with Crippen LogP contribution in [0, 0.1) is 11.3 Å². The number of nitrogens with zero attached hydrogens (tertiary/aromatic N) is 4. The highest BCUT2D eigenvalue weighted by atomic mass is 31.2. The summed E-state index contributed by atoms with van der Waals surface area (Å²) in [6.45, 7) is 9.37. The van der Waals surface area contributed by atoms with Gasteiger partial charge in [0.05, 0.1) is 37.3 Å². The smallest absolute Gasteiger partial charge is 0.459 e. The number of hydrogen-bond acceptors (Lipinski definition) is 11. The van der Waals surface area contributed by atoms with Gasteiger partial charge in [0.15, 0.2) is 11.5 Å². The molecule has 0 radical (unpaired) electrons. The molecule has 1 fully saturated rings. The fraction of sp³-hybridized carbons (Fsp3) is 0.571. The Balaban J connectivity index is 1.46. The summed E-state index contributed by atoms with van der Waals surface area (Å²) in [6, 6.07) is 7.50. The number of para-hydroxylation sites is 1. The molecule has 0 saturated carbocycles. The van der Waals surface area contributed by atoms with Crippen LogP contribution in [0.25, 0.3) is 5.65 Å². The third-order valence-corrected chi connectivity index (χ3v) is 9.42. The number of rotatable bonds is 14. The molecule has 0 bridgehead atoms. The van der Waals surface area contributed by atoms with E-state index in [1.54, 1.807) is 41.0 Å². The van der Waals surface area contributed by atoms with Crippen molar-refractivity contribution >= 4 is 25.2 Å². The van der Waals surface area contributed by atoms with E-state index in [4.69, 9.17) is 24.3 Å². The molecule has 0 amide bonds. The average Bonchev–Trinajstić information content (AvgIpc) is 3.47. The number of nitrogens with two attached hydrogens (primary N) is 1. The highest BCUT2D eigenvalue weighted by Crippen LogP contribution is 2.47. The molecular formula is C28H41N6O7P. The molecule has 3 aromatic rings. The minimum Gasteiger partial charge on any atom is -0.464 e. The largest absolute Gasteiger partial charge is 0.464 e. The van der Waals surface area contributed by atoms with Gasteiger partial charge in [0, 0.05) is 11.8 Å². The molecular weight excluding hydrogens is 563 g/mol. The van der Waals surface area contributed by atoms with Crippen molar-refractivity contribution in [3.63, 3.8) is 0 Å². The molecule has 4 rings (SSSR count). The SMILES string of the molecule is CCC(CC)COC(=O)[C@H](C)NP(=O)(OC[C@H]1OC(Cc2cnc3c(N)ncnn23)C(C)(C)[C@@H]1O)Oc1ccccc1. The van der Waals surface area contributed by atoms with E-state index in [1.165, 1.54) is 13.3 Å². The monoisotopic (exact) mass is 604 g/mol. The Morgan fingerprint density at radius 1 is 1.24 bits per heavy atom. The van der Waals surface area contributed by atoms with Crippen LogP contribution in [0.15, 0.2) is 42.9 Å². The van der Waals surface area contributed by atoms with Crippen molar-refractivity contribution in [2.45, 2.75) is 78.2 Å². The number of carbonyl (C=O) groups excluding carboxylic acids is 1. The topological polar surface area (TPSA) is 172 Å². The first-order chi connectivity index (χ1) is 20.0. The highest BCUT2D eigenvalue weighted by molar-refractivity contribution is 7.52. The van der Waals surface area contributed by atoms with Gasteiger partial charge in [0.25, 0.3) is 0 Å². The van der Waals surface area contributed by atoms with Crippen LogP contribution < -0.4 is 15.3 Å². The third-order valence-electron chi connectivity index (χ3n) is 7.78. The molecule has 0 spiro atoms. The van der Waals surface area contributed by atoms with Crippen LogP contribution in [0.1, 0.15) is 53.2 Å². The Morgan fingerprint density at radius 3 is 2.64 bits per heavy atom. The molecule has 0 aliphatic carbocycles. The van der Waals surface area contributed by atoms with E-state index in [0.717, 1.165) is 18.5 Å². The van der Waals surface area contributed by atoms with E-state index in [0.29, 0.717) is 12.1 Å². The zero-order valence-corrected chi connectivity index (χ0v) is 25.6. The van der Waals surface area contributed by atoms with Gasteiger partial charge in [0.1, 0.15) is 24.2 Å². The second-order valence-corrected chi connectivity index (χ2v) is 12.8. The minimum atomic E-state index is -4.13. The molecule has 4 N–H and O–H groups in total. The molecule has 2 aromatic heterocycles. The Kier molecular flexibility index (Phi) is 10.2. The first kappa shape index (κ1) is 31.8. The zero-order chi connectivity index (χ0) is 30.5. The third kappa shape index (κ3) is 7.27. The lowest BCUT2D eigenvalue weighted by molar-refractivity contribution is -0.146. The van der Waals surface area contributed by atoms with Gasteiger partial charge in [-0.15, -0.1) is 0 Å². The summed E-state index contributed by atoms with van der Waals surface area (Å²) >= 11 is 0. The van der Waals surface area contributed by atoms with E-state index in [2.05, 4.69) is 20.2 Å². The molecule has 230 valence electrons. The molecule has 1 aliphatic rings. The number of nitrogen functional groups attached to an aromatic ring is 1.